The zero-order chi connectivity index (χ0) is 16.9. The first kappa shape index (κ1) is 17.5. The van der Waals surface area contributed by atoms with Crippen LogP contribution in [0.25, 0.3) is 0 Å². The molecule has 122 valence electrons. The fraction of sp³-hybridized carbons (Fsp3) is 0.188. The number of carbonyl (C=O) groups excluding carboxylic acids is 1. The molecule has 1 amide bonds. The molecule has 7 heteroatoms. The van der Waals surface area contributed by atoms with Gasteiger partial charge >= 0.3 is 0 Å². The molecule has 0 saturated heterocycles. The van der Waals surface area contributed by atoms with E-state index in [1.165, 1.54) is 12.1 Å². The fourth-order valence-electron chi connectivity index (χ4n) is 2.08. The molecule has 0 unspecified atom stereocenters. The van der Waals surface area contributed by atoms with E-state index in [1.807, 2.05) is 0 Å². The van der Waals surface area contributed by atoms with E-state index in [0.717, 1.165) is 12.0 Å². The first-order valence-corrected chi connectivity index (χ1v) is 8.95. The molecule has 0 fully saturated rings. The van der Waals surface area contributed by atoms with E-state index in [0.29, 0.717) is 23.6 Å². The molecule has 2 aromatic rings. The van der Waals surface area contributed by atoms with Crippen LogP contribution >= 0.6 is 11.6 Å². The van der Waals surface area contributed by atoms with Crippen molar-refractivity contribution in [3.63, 3.8) is 0 Å². The van der Waals surface area contributed by atoms with E-state index in [9.17, 15) is 13.2 Å². The minimum absolute atomic E-state index is 0.0910. The number of benzene rings is 2. The van der Waals surface area contributed by atoms with E-state index in [-0.39, 0.29) is 10.8 Å². The first-order valence-electron chi connectivity index (χ1n) is 7.02. The van der Waals surface area contributed by atoms with Crippen molar-refractivity contribution in [2.45, 2.75) is 17.7 Å². The lowest BCUT2D eigenvalue weighted by atomic mass is 10.1. The third-order valence-corrected chi connectivity index (χ3v) is 4.56. The minimum Gasteiger partial charge on any atom is -0.352 e. The molecule has 0 saturated carbocycles. The van der Waals surface area contributed by atoms with Gasteiger partial charge in [0.25, 0.3) is 5.91 Å². The van der Waals surface area contributed by atoms with Crippen LogP contribution in [0, 0.1) is 0 Å². The summed E-state index contributed by atoms with van der Waals surface area (Å²) in [7, 11) is -3.66. The molecule has 2 rings (SSSR count). The van der Waals surface area contributed by atoms with Crippen molar-refractivity contribution in [3.05, 3.63) is 64.7 Å². The Morgan fingerprint density at radius 3 is 2.35 bits per heavy atom. The van der Waals surface area contributed by atoms with E-state index in [2.05, 4.69) is 5.32 Å². The van der Waals surface area contributed by atoms with Gasteiger partial charge in [-0.2, -0.15) is 0 Å². The highest BCUT2D eigenvalue weighted by molar-refractivity contribution is 7.89. The normalized spacial score (nSPS) is 11.2. The Hall–Kier alpha value is -1.89. The number of halogens is 1. The minimum atomic E-state index is -3.66. The van der Waals surface area contributed by atoms with Crippen molar-refractivity contribution in [3.8, 4) is 0 Å². The van der Waals surface area contributed by atoms with Gasteiger partial charge in [-0.05, 0) is 42.7 Å². The molecule has 0 aliphatic rings. The second-order valence-corrected chi connectivity index (χ2v) is 7.00. The Morgan fingerprint density at radius 1 is 1.09 bits per heavy atom. The predicted octanol–water partition coefficient (Wildman–Crippen LogP) is 2.35. The number of rotatable bonds is 6. The van der Waals surface area contributed by atoms with Gasteiger partial charge in [-0.15, -0.1) is 0 Å². The number of hydrogen-bond acceptors (Lipinski definition) is 3. The van der Waals surface area contributed by atoms with Gasteiger partial charge in [0.05, 0.1) is 15.5 Å². The molecule has 0 heterocycles. The van der Waals surface area contributed by atoms with Gasteiger partial charge in [0.2, 0.25) is 10.0 Å². The molecular weight excluding hydrogens is 336 g/mol. The van der Waals surface area contributed by atoms with Crippen LogP contribution in [0.5, 0.6) is 0 Å². The summed E-state index contributed by atoms with van der Waals surface area (Å²) in [4.78, 5) is 12.0. The topological polar surface area (TPSA) is 89.3 Å². The summed E-state index contributed by atoms with van der Waals surface area (Å²) < 4.78 is 22.3. The summed E-state index contributed by atoms with van der Waals surface area (Å²) in [6, 6.07) is 13.3. The van der Waals surface area contributed by atoms with Crippen molar-refractivity contribution >= 4 is 27.5 Å². The zero-order valence-corrected chi connectivity index (χ0v) is 13.9. The molecule has 5 nitrogen and oxygen atoms in total. The number of amides is 1. The van der Waals surface area contributed by atoms with Gasteiger partial charge in [0.15, 0.2) is 0 Å². The van der Waals surface area contributed by atoms with Gasteiger partial charge < -0.3 is 5.32 Å². The molecule has 0 spiro atoms. The lowest BCUT2D eigenvalue weighted by Crippen LogP contribution is -2.25. The number of aryl methyl sites for hydroxylation is 1. The Bertz CT molecular complexity index is 789. The molecule has 0 aliphatic heterocycles. The highest BCUT2D eigenvalue weighted by atomic mass is 35.5. The number of hydrogen-bond donors (Lipinski definition) is 2. The molecule has 0 aromatic heterocycles. The maximum Gasteiger partial charge on any atom is 0.252 e. The lowest BCUT2D eigenvalue weighted by Gasteiger charge is -2.07. The SMILES string of the molecule is NS(=O)(=O)c1ccc(CCCNC(=O)c2ccccc2Cl)cc1. The summed E-state index contributed by atoms with van der Waals surface area (Å²) >= 11 is 5.96. The quantitative estimate of drug-likeness (QED) is 0.782. The number of nitrogens with one attached hydrogen (secondary N) is 1. The Kier molecular flexibility index (Phi) is 5.76. The molecule has 0 atom stereocenters. The van der Waals surface area contributed by atoms with Crippen LogP contribution in [-0.4, -0.2) is 20.9 Å². The fourth-order valence-corrected chi connectivity index (χ4v) is 2.82. The lowest BCUT2D eigenvalue weighted by molar-refractivity contribution is 0.0953. The molecule has 2 aromatic carbocycles. The van der Waals surface area contributed by atoms with Crippen molar-refractivity contribution in [2.24, 2.45) is 5.14 Å². The second-order valence-electron chi connectivity index (χ2n) is 5.03. The maximum absolute atomic E-state index is 12.0. The van der Waals surface area contributed by atoms with Crippen molar-refractivity contribution in [1.29, 1.82) is 0 Å². The average Bonchev–Trinajstić information content (AvgIpc) is 2.51. The summed E-state index contributed by atoms with van der Waals surface area (Å²) in [6.07, 6.45) is 1.44. The molecule has 3 N–H and O–H groups in total. The highest BCUT2D eigenvalue weighted by Crippen LogP contribution is 2.14. The Labute approximate surface area is 140 Å². The average molecular weight is 353 g/mol. The number of carbonyl (C=O) groups is 1. The third-order valence-electron chi connectivity index (χ3n) is 3.30. The standard InChI is InChI=1S/C16H17ClN2O3S/c17-15-6-2-1-5-14(15)16(20)19-11-3-4-12-7-9-13(10-8-12)23(18,21)22/h1-2,5-10H,3-4,11H2,(H,19,20)(H2,18,21,22). The van der Waals surface area contributed by atoms with Gasteiger partial charge in [0.1, 0.15) is 0 Å². The van der Waals surface area contributed by atoms with E-state index >= 15 is 0 Å². The zero-order valence-electron chi connectivity index (χ0n) is 12.3. The second kappa shape index (κ2) is 7.59. The molecule has 0 radical (unpaired) electrons. The number of nitrogens with two attached hydrogens (primary N) is 1. The summed E-state index contributed by atoms with van der Waals surface area (Å²) in [6.45, 7) is 0.501. The monoisotopic (exact) mass is 352 g/mol. The number of sulfonamides is 1. The molecule has 23 heavy (non-hydrogen) atoms. The van der Waals surface area contributed by atoms with E-state index < -0.39 is 10.0 Å². The van der Waals surface area contributed by atoms with Crippen LogP contribution in [0.1, 0.15) is 22.3 Å². The summed E-state index contributed by atoms with van der Waals surface area (Å²) in [5, 5.41) is 8.27. The van der Waals surface area contributed by atoms with Gasteiger partial charge in [-0.1, -0.05) is 35.9 Å². The van der Waals surface area contributed by atoms with Crippen LogP contribution in [0.3, 0.4) is 0 Å². The largest absolute Gasteiger partial charge is 0.352 e. The van der Waals surface area contributed by atoms with Crippen LogP contribution in [0.15, 0.2) is 53.4 Å². The van der Waals surface area contributed by atoms with Crippen LogP contribution < -0.4 is 10.5 Å². The Balaban J connectivity index is 1.82. The van der Waals surface area contributed by atoms with Crippen LogP contribution in [0.4, 0.5) is 0 Å². The van der Waals surface area contributed by atoms with Crippen LogP contribution in [0.2, 0.25) is 5.02 Å². The smallest absolute Gasteiger partial charge is 0.252 e. The first-order chi connectivity index (χ1) is 10.9. The maximum atomic E-state index is 12.0. The number of primary sulfonamides is 1. The highest BCUT2D eigenvalue weighted by Gasteiger charge is 2.09. The summed E-state index contributed by atoms with van der Waals surface area (Å²) in [5.41, 5.74) is 1.43. The Morgan fingerprint density at radius 2 is 1.74 bits per heavy atom. The van der Waals surface area contributed by atoms with Crippen molar-refractivity contribution in [1.82, 2.24) is 5.32 Å². The predicted molar refractivity (Wildman–Crippen MR) is 89.9 cm³/mol. The molecule has 0 bridgehead atoms. The molecular formula is C16H17ClN2O3S. The summed E-state index contributed by atoms with van der Waals surface area (Å²) in [5.74, 6) is -0.208. The van der Waals surface area contributed by atoms with Crippen molar-refractivity contribution < 1.29 is 13.2 Å². The van der Waals surface area contributed by atoms with Gasteiger partial charge in [-0.3, -0.25) is 4.79 Å². The van der Waals surface area contributed by atoms with Gasteiger partial charge in [-0.25, -0.2) is 13.6 Å². The van der Waals surface area contributed by atoms with Crippen molar-refractivity contribution in [2.75, 3.05) is 6.54 Å². The molecule has 0 aliphatic carbocycles. The van der Waals surface area contributed by atoms with Crippen LogP contribution in [-0.2, 0) is 16.4 Å². The van der Waals surface area contributed by atoms with E-state index in [1.54, 1.807) is 36.4 Å². The van der Waals surface area contributed by atoms with E-state index in [4.69, 9.17) is 16.7 Å². The van der Waals surface area contributed by atoms with Gasteiger partial charge in [0, 0.05) is 6.54 Å². The third kappa shape index (κ3) is 5.06.